The second-order valence-electron chi connectivity index (χ2n) is 6.58. The van der Waals surface area contributed by atoms with Gasteiger partial charge in [0.25, 0.3) is 5.91 Å². The van der Waals surface area contributed by atoms with Gasteiger partial charge in [0, 0.05) is 18.1 Å². The van der Waals surface area contributed by atoms with Gasteiger partial charge in [0.1, 0.15) is 18.1 Å². The Hall–Kier alpha value is -4.06. The quantitative estimate of drug-likeness (QED) is 0.475. The number of benzene rings is 3. The largest absolute Gasteiger partial charge is 0.489 e. The molecular formula is C24H21N3O3. The van der Waals surface area contributed by atoms with E-state index in [2.05, 4.69) is 10.4 Å². The number of anilines is 1. The van der Waals surface area contributed by atoms with Crippen LogP contribution < -0.4 is 14.8 Å². The standard InChI is InChI=1S/C24H21N3O3/c28-24(26-20-8-4-9-21(16-20)27-15-5-14-25-27)18-30-23-12-10-22(11-13-23)29-17-19-6-2-1-3-7-19/h1-16H,17-18H2,(H,26,28). The molecule has 0 fully saturated rings. The van der Waals surface area contributed by atoms with Crippen LogP contribution in [0.15, 0.2) is 97.3 Å². The number of amides is 1. The number of aromatic nitrogens is 2. The number of carbonyl (C=O) groups is 1. The summed E-state index contributed by atoms with van der Waals surface area (Å²) in [5.74, 6) is 1.10. The third-order valence-corrected chi connectivity index (χ3v) is 4.34. The van der Waals surface area contributed by atoms with Crippen molar-refractivity contribution in [2.75, 3.05) is 11.9 Å². The number of ether oxygens (including phenoxy) is 2. The van der Waals surface area contributed by atoms with Gasteiger partial charge in [-0.15, -0.1) is 0 Å². The topological polar surface area (TPSA) is 65.4 Å². The number of hydrogen-bond donors (Lipinski definition) is 1. The fourth-order valence-corrected chi connectivity index (χ4v) is 2.87. The van der Waals surface area contributed by atoms with Gasteiger partial charge < -0.3 is 14.8 Å². The Balaban J connectivity index is 1.26. The minimum absolute atomic E-state index is 0.0871. The van der Waals surface area contributed by atoms with Gasteiger partial charge in [-0.25, -0.2) is 4.68 Å². The molecule has 4 aromatic rings. The molecule has 1 aromatic heterocycles. The summed E-state index contributed by atoms with van der Waals surface area (Å²) in [7, 11) is 0. The first-order valence-electron chi connectivity index (χ1n) is 9.56. The Bertz CT molecular complexity index is 1080. The second kappa shape index (κ2) is 9.43. The lowest BCUT2D eigenvalue weighted by Gasteiger charge is -2.10. The van der Waals surface area contributed by atoms with E-state index >= 15 is 0 Å². The zero-order chi connectivity index (χ0) is 20.6. The van der Waals surface area contributed by atoms with E-state index in [1.54, 1.807) is 23.0 Å². The van der Waals surface area contributed by atoms with Gasteiger partial charge in [0.15, 0.2) is 6.61 Å². The number of rotatable bonds is 8. The molecule has 3 aromatic carbocycles. The van der Waals surface area contributed by atoms with E-state index in [0.717, 1.165) is 17.0 Å². The average Bonchev–Trinajstić information content (AvgIpc) is 3.33. The predicted molar refractivity (Wildman–Crippen MR) is 115 cm³/mol. The van der Waals surface area contributed by atoms with E-state index in [0.29, 0.717) is 18.0 Å². The summed E-state index contributed by atoms with van der Waals surface area (Å²) in [6.07, 6.45) is 3.55. The molecule has 0 aliphatic carbocycles. The van der Waals surface area contributed by atoms with Crippen molar-refractivity contribution in [1.29, 1.82) is 0 Å². The molecule has 1 amide bonds. The van der Waals surface area contributed by atoms with Crippen LogP contribution in [0.25, 0.3) is 5.69 Å². The average molecular weight is 399 g/mol. The number of carbonyl (C=O) groups excluding carboxylic acids is 1. The van der Waals surface area contributed by atoms with Crippen LogP contribution in [0.2, 0.25) is 0 Å². The molecule has 6 heteroatoms. The van der Waals surface area contributed by atoms with Crippen LogP contribution in [-0.4, -0.2) is 22.3 Å². The van der Waals surface area contributed by atoms with Crippen LogP contribution in [0.5, 0.6) is 11.5 Å². The molecule has 0 aliphatic rings. The zero-order valence-corrected chi connectivity index (χ0v) is 16.3. The molecule has 4 rings (SSSR count). The monoisotopic (exact) mass is 399 g/mol. The Morgan fingerprint density at radius 3 is 2.37 bits per heavy atom. The highest BCUT2D eigenvalue weighted by molar-refractivity contribution is 5.92. The summed E-state index contributed by atoms with van der Waals surface area (Å²) >= 11 is 0. The minimum Gasteiger partial charge on any atom is -0.489 e. The van der Waals surface area contributed by atoms with Gasteiger partial charge in [-0.3, -0.25) is 4.79 Å². The Labute approximate surface area is 174 Å². The zero-order valence-electron chi connectivity index (χ0n) is 16.3. The highest BCUT2D eigenvalue weighted by atomic mass is 16.5. The fourth-order valence-electron chi connectivity index (χ4n) is 2.87. The molecule has 0 radical (unpaired) electrons. The maximum atomic E-state index is 12.2. The van der Waals surface area contributed by atoms with Gasteiger partial charge in [-0.1, -0.05) is 36.4 Å². The maximum Gasteiger partial charge on any atom is 0.262 e. The molecular weight excluding hydrogens is 378 g/mol. The number of hydrogen-bond acceptors (Lipinski definition) is 4. The molecule has 0 bridgehead atoms. The van der Waals surface area contributed by atoms with E-state index in [9.17, 15) is 4.79 Å². The summed E-state index contributed by atoms with van der Waals surface area (Å²) in [5, 5.41) is 7.02. The normalized spacial score (nSPS) is 10.4. The Morgan fingerprint density at radius 1 is 0.867 bits per heavy atom. The first-order chi connectivity index (χ1) is 14.8. The lowest BCUT2D eigenvalue weighted by Crippen LogP contribution is -2.20. The van der Waals surface area contributed by atoms with Gasteiger partial charge >= 0.3 is 0 Å². The molecule has 0 spiro atoms. The van der Waals surface area contributed by atoms with Crippen molar-refractivity contribution < 1.29 is 14.3 Å². The van der Waals surface area contributed by atoms with Crippen LogP contribution >= 0.6 is 0 Å². The van der Waals surface area contributed by atoms with Crippen LogP contribution in [0.4, 0.5) is 5.69 Å². The lowest BCUT2D eigenvalue weighted by molar-refractivity contribution is -0.118. The van der Waals surface area contributed by atoms with Gasteiger partial charge in [0.2, 0.25) is 0 Å². The van der Waals surface area contributed by atoms with Crippen LogP contribution in [0, 0.1) is 0 Å². The molecule has 150 valence electrons. The highest BCUT2D eigenvalue weighted by Crippen LogP contribution is 2.19. The fraction of sp³-hybridized carbons (Fsp3) is 0.0833. The maximum absolute atomic E-state index is 12.2. The van der Waals surface area contributed by atoms with Crippen LogP contribution in [-0.2, 0) is 11.4 Å². The minimum atomic E-state index is -0.239. The van der Waals surface area contributed by atoms with E-state index in [4.69, 9.17) is 9.47 Å². The predicted octanol–water partition coefficient (Wildman–Crippen LogP) is 4.47. The Kier molecular flexibility index (Phi) is 6.05. The van der Waals surface area contributed by atoms with Crippen molar-refractivity contribution in [2.24, 2.45) is 0 Å². The number of nitrogens with zero attached hydrogens (tertiary/aromatic N) is 2. The van der Waals surface area contributed by atoms with Crippen molar-refractivity contribution in [3.8, 4) is 17.2 Å². The molecule has 6 nitrogen and oxygen atoms in total. The van der Waals surface area contributed by atoms with E-state index < -0.39 is 0 Å². The van der Waals surface area contributed by atoms with Gasteiger partial charge in [-0.05, 0) is 54.1 Å². The SMILES string of the molecule is O=C(COc1ccc(OCc2ccccc2)cc1)Nc1cccc(-n2cccn2)c1. The smallest absolute Gasteiger partial charge is 0.262 e. The summed E-state index contributed by atoms with van der Waals surface area (Å²) < 4.78 is 13.1. The molecule has 0 atom stereocenters. The third-order valence-electron chi connectivity index (χ3n) is 4.34. The lowest BCUT2D eigenvalue weighted by atomic mass is 10.2. The van der Waals surface area contributed by atoms with Crippen LogP contribution in [0.1, 0.15) is 5.56 Å². The number of nitrogens with one attached hydrogen (secondary N) is 1. The summed E-state index contributed by atoms with van der Waals surface area (Å²) in [4.78, 5) is 12.2. The van der Waals surface area contributed by atoms with Gasteiger partial charge in [0.05, 0.1) is 5.69 Å². The Morgan fingerprint density at radius 2 is 1.63 bits per heavy atom. The molecule has 0 aliphatic heterocycles. The van der Waals surface area contributed by atoms with Crippen molar-refractivity contribution in [1.82, 2.24) is 9.78 Å². The second-order valence-corrected chi connectivity index (χ2v) is 6.58. The molecule has 1 heterocycles. The summed E-state index contributed by atoms with van der Waals surface area (Å²) in [5.41, 5.74) is 2.65. The molecule has 0 unspecified atom stereocenters. The van der Waals surface area contributed by atoms with E-state index in [1.165, 1.54) is 0 Å². The van der Waals surface area contributed by atoms with E-state index in [-0.39, 0.29) is 12.5 Å². The summed E-state index contributed by atoms with van der Waals surface area (Å²) in [6.45, 7) is 0.414. The van der Waals surface area contributed by atoms with Crippen LogP contribution in [0.3, 0.4) is 0 Å². The van der Waals surface area contributed by atoms with Crippen molar-refractivity contribution in [3.63, 3.8) is 0 Å². The molecule has 1 N–H and O–H groups in total. The molecule has 0 saturated carbocycles. The highest BCUT2D eigenvalue weighted by Gasteiger charge is 2.06. The molecule has 0 saturated heterocycles. The first-order valence-corrected chi connectivity index (χ1v) is 9.56. The summed E-state index contributed by atoms with van der Waals surface area (Å²) in [6, 6.07) is 26.5. The van der Waals surface area contributed by atoms with Crippen molar-refractivity contribution >= 4 is 11.6 Å². The van der Waals surface area contributed by atoms with Crippen molar-refractivity contribution in [2.45, 2.75) is 6.61 Å². The van der Waals surface area contributed by atoms with Crippen molar-refractivity contribution in [3.05, 3.63) is 103 Å². The molecule has 30 heavy (non-hydrogen) atoms. The first kappa shape index (κ1) is 19.3. The van der Waals surface area contributed by atoms with E-state index in [1.807, 2.05) is 79.0 Å². The third kappa shape index (κ3) is 5.26. The van der Waals surface area contributed by atoms with Gasteiger partial charge in [-0.2, -0.15) is 5.10 Å².